The molecule has 44 heavy (non-hydrogen) atoms. The topological polar surface area (TPSA) is 51.6 Å². The first kappa shape index (κ1) is 25.7. The van der Waals surface area contributed by atoms with Crippen LogP contribution in [0, 0.1) is 0 Å². The molecule has 0 radical (unpaired) electrons. The Bertz CT molecular complexity index is 2120. The predicted octanol–water partition coefficient (Wildman–Crippen LogP) is 9.91. The number of pyridine rings is 2. The van der Waals surface area contributed by atoms with E-state index >= 15 is 0 Å². The van der Waals surface area contributed by atoms with E-state index in [1.165, 1.54) is 0 Å². The molecule has 0 aliphatic carbocycles. The van der Waals surface area contributed by atoms with E-state index in [0.717, 1.165) is 72.1 Å². The van der Waals surface area contributed by atoms with Crippen molar-refractivity contribution in [3.63, 3.8) is 0 Å². The summed E-state index contributed by atoms with van der Waals surface area (Å²) in [5.74, 6) is 0.696. The molecule has 0 unspecified atom stereocenters. The molecule has 0 spiro atoms. The molecular weight excluding hydrogens is 536 g/mol. The van der Waals surface area contributed by atoms with Crippen molar-refractivity contribution in [2.45, 2.75) is 0 Å². The summed E-state index contributed by atoms with van der Waals surface area (Å²) in [5.41, 5.74) is 11.4. The van der Waals surface area contributed by atoms with Crippen LogP contribution in [0.4, 0.5) is 0 Å². The summed E-state index contributed by atoms with van der Waals surface area (Å²) in [7, 11) is 0. The maximum Gasteiger partial charge on any atom is 0.160 e. The summed E-state index contributed by atoms with van der Waals surface area (Å²) in [4.78, 5) is 19.0. The van der Waals surface area contributed by atoms with Gasteiger partial charge in [0.25, 0.3) is 0 Å². The second-order valence-corrected chi connectivity index (χ2v) is 10.8. The zero-order valence-corrected chi connectivity index (χ0v) is 23.8. The van der Waals surface area contributed by atoms with Gasteiger partial charge in [0.1, 0.15) is 0 Å². The molecule has 0 saturated heterocycles. The number of nitrogens with zero attached hydrogens (tertiary/aromatic N) is 4. The Hall–Kier alpha value is -6.00. The molecule has 0 atom stereocenters. The second-order valence-electron chi connectivity index (χ2n) is 10.8. The molecule has 0 fully saturated rings. The normalized spacial score (nSPS) is 11.2. The predicted molar refractivity (Wildman–Crippen MR) is 180 cm³/mol. The van der Waals surface area contributed by atoms with Crippen LogP contribution in [0.1, 0.15) is 0 Å². The fourth-order valence-corrected chi connectivity index (χ4v) is 5.64. The first-order valence-corrected chi connectivity index (χ1v) is 14.6. The molecule has 5 aromatic carbocycles. The smallest absolute Gasteiger partial charge is 0.160 e. The van der Waals surface area contributed by atoms with E-state index in [9.17, 15) is 0 Å². The fourth-order valence-electron chi connectivity index (χ4n) is 5.64. The molecule has 206 valence electrons. The van der Waals surface area contributed by atoms with E-state index in [-0.39, 0.29) is 0 Å². The summed E-state index contributed by atoms with van der Waals surface area (Å²) < 4.78 is 0. The number of benzene rings is 5. The van der Waals surface area contributed by atoms with Crippen molar-refractivity contribution in [2.75, 3.05) is 0 Å². The largest absolute Gasteiger partial charge is 0.256 e. The minimum absolute atomic E-state index is 0.696. The number of hydrogen-bond acceptors (Lipinski definition) is 4. The summed E-state index contributed by atoms with van der Waals surface area (Å²) in [6, 6.07) is 50.3. The number of fused-ring (bicyclic) bond motifs is 2. The highest BCUT2D eigenvalue weighted by Crippen LogP contribution is 2.31. The van der Waals surface area contributed by atoms with Gasteiger partial charge in [-0.3, -0.25) is 9.97 Å². The summed E-state index contributed by atoms with van der Waals surface area (Å²) in [5, 5.41) is 2.26. The zero-order valence-electron chi connectivity index (χ0n) is 23.8. The van der Waals surface area contributed by atoms with Crippen molar-refractivity contribution in [3.8, 4) is 56.2 Å². The SMILES string of the molecule is c1ccc(-c2cc(-c3ccc(-c4ccc5ncccc5c4)cc3)nc(-c3ccc(-c4ccc5ncccc5c4)cc3)n2)cc1. The van der Waals surface area contributed by atoms with Crippen LogP contribution in [0.25, 0.3) is 78.0 Å². The lowest BCUT2D eigenvalue weighted by Crippen LogP contribution is -1.96. The quantitative estimate of drug-likeness (QED) is 0.209. The van der Waals surface area contributed by atoms with E-state index in [0.29, 0.717) is 5.82 Å². The van der Waals surface area contributed by atoms with Gasteiger partial charge < -0.3 is 0 Å². The van der Waals surface area contributed by atoms with Gasteiger partial charge in [-0.25, -0.2) is 9.97 Å². The average molecular weight is 563 g/mol. The maximum absolute atomic E-state index is 5.06. The van der Waals surface area contributed by atoms with Gasteiger partial charge >= 0.3 is 0 Å². The Morgan fingerprint density at radius 1 is 0.318 bits per heavy atom. The highest BCUT2D eigenvalue weighted by molar-refractivity contribution is 5.86. The molecule has 0 saturated carbocycles. The molecule has 0 bridgehead atoms. The highest BCUT2D eigenvalue weighted by Gasteiger charge is 2.12. The van der Waals surface area contributed by atoms with Gasteiger partial charge in [0.2, 0.25) is 0 Å². The van der Waals surface area contributed by atoms with Crippen LogP contribution in [0.3, 0.4) is 0 Å². The molecule has 3 aromatic heterocycles. The monoisotopic (exact) mass is 562 g/mol. The van der Waals surface area contributed by atoms with E-state index < -0.39 is 0 Å². The van der Waals surface area contributed by atoms with Crippen LogP contribution in [-0.4, -0.2) is 19.9 Å². The molecule has 0 aliphatic heterocycles. The first-order valence-electron chi connectivity index (χ1n) is 14.6. The third-order valence-electron chi connectivity index (χ3n) is 7.99. The summed E-state index contributed by atoms with van der Waals surface area (Å²) in [6.07, 6.45) is 3.65. The van der Waals surface area contributed by atoms with Crippen LogP contribution in [0.5, 0.6) is 0 Å². The van der Waals surface area contributed by atoms with Gasteiger partial charge in [0, 0.05) is 39.9 Å². The molecule has 4 heteroatoms. The van der Waals surface area contributed by atoms with Gasteiger partial charge in [-0.05, 0) is 64.7 Å². The third-order valence-corrected chi connectivity index (χ3v) is 7.99. The second kappa shape index (κ2) is 11.0. The van der Waals surface area contributed by atoms with E-state index in [1.54, 1.807) is 0 Å². The molecule has 0 aliphatic rings. The lowest BCUT2D eigenvalue weighted by molar-refractivity contribution is 1.18. The minimum atomic E-state index is 0.696. The number of hydrogen-bond donors (Lipinski definition) is 0. The van der Waals surface area contributed by atoms with Crippen molar-refractivity contribution < 1.29 is 0 Å². The van der Waals surface area contributed by atoms with Crippen molar-refractivity contribution in [2.24, 2.45) is 0 Å². The number of rotatable bonds is 5. The Balaban J connectivity index is 1.16. The molecule has 8 rings (SSSR count). The van der Waals surface area contributed by atoms with Crippen molar-refractivity contribution in [1.82, 2.24) is 19.9 Å². The summed E-state index contributed by atoms with van der Waals surface area (Å²) in [6.45, 7) is 0. The Kier molecular flexibility index (Phi) is 6.43. The Morgan fingerprint density at radius 3 is 1.32 bits per heavy atom. The van der Waals surface area contributed by atoms with Crippen molar-refractivity contribution >= 4 is 21.8 Å². The van der Waals surface area contributed by atoms with Crippen LogP contribution >= 0.6 is 0 Å². The first-order chi connectivity index (χ1) is 21.8. The van der Waals surface area contributed by atoms with Crippen LogP contribution < -0.4 is 0 Å². The molecule has 0 amide bonds. The average Bonchev–Trinajstić information content (AvgIpc) is 3.11. The lowest BCUT2D eigenvalue weighted by atomic mass is 10.00. The van der Waals surface area contributed by atoms with Gasteiger partial charge in [-0.2, -0.15) is 0 Å². The van der Waals surface area contributed by atoms with Crippen LogP contribution in [0.15, 0.2) is 158 Å². The molecule has 4 nitrogen and oxygen atoms in total. The van der Waals surface area contributed by atoms with Gasteiger partial charge in [0.15, 0.2) is 5.82 Å². The van der Waals surface area contributed by atoms with Crippen molar-refractivity contribution in [1.29, 1.82) is 0 Å². The highest BCUT2D eigenvalue weighted by atomic mass is 14.9. The van der Waals surface area contributed by atoms with E-state index in [4.69, 9.17) is 9.97 Å². The van der Waals surface area contributed by atoms with Crippen LogP contribution in [0.2, 0.25) is 0 Å². The Morgan fingerprint density at radius 2 is 0.773 bits per heavy atom. The van der Waals surface area contributed by atoms with Crippen LogP contribution in [-0.2, 0) is 0 Å². The maximum atomic E-state index is 5.06. The van der Waals surface area contributed by atoms with Gasteiger partial charge in [0.05, 0.1) is 22.4 Å². The lowest BCUT2D eigenvalue weighted by Gasteiger charge is -2.11. The van der Waals surface area contributed by atoms with Gasteiger partial charge in [-0.15, -0.1) is 0 Å². The van der Waals surface area contributed by atoms with Crippen molar-refractivity contribution in [3.05, 3.63) is 158 Å². The molecule has 8 aromatic rings. The van der Waals surface area contributed by atoms with Gasteiger partial charge in [-0.1, -0.05) is 103 Å². The standard InChI is InChI=1S/C40H26N4/c1-2-6-29(7-3-1)38-26-39(30-14-10-27(11-15-30)32-18-20-36-34(24-32)8-4-22-41-36)44-40(43-38)31-16-12-28(13-17-31)33-19-21-37-35(25-33)9-5-23-42-37/h1-26H. The summed E-state index contributed by atoms with van der Waals surface area (Å²) >= 11 is 0. The molecule has 0 N–H and O–H groups in total. The van der Waals surface area contributed by atoms with E-state index in [1.807, 2.05) is 42.7 Å². The molecular formula is C40H26N4. The number of aromatic nitrogens is 4. The zero-order chi connectivity index (χ0) is 29.3. The minimum Gasteiger partial charge on any atom is -0.256 e. The Labute approximate surface area is 255 Å². The fraction of sp³-hybridized carbons (Fsp3) is 0. The molecule has 3 heterocycles. The van der Waals surface area contributed by atoms with E-state index in [2.05, 4.69) is 125 Å². The third kappa shape index (κ3) is 4.99.